The maximum atomic E-state index is 10.9. The summed E-state index contributed by atoms with van der Waals surface area (Å²) in [4.78, 5) is 10.9. The maximum absolute atomic E-state index is 10.9. The number of allylic oxidation sites excluding steroid dienone is 1. The van der Waals surface area contributed by atoms with Crippen molar-refractivity contribution < 1.29 is 14.3 Å². The summed E-state index contributed by atoms with van der Waals surface area (Å²) in [6, 6.07) is 0. The van der Waals surface area contributed by atoms with Crippen molar-refractivity contribution >= 4 is 6.16 Å². The third-order valence-corrected chi connectivity index (χ3v) is 1.46. The first-order valence-corrected chi connectivity index (χ1v) is 4.71. The van der Waals surface area contributed by atoms with Crippen LogP contribution in [0.2, 0.25) is 0 Å². The molecule has 14 heavy (non-hydrogen) atoms. The minimum absolute atomic E-state index is 0.228. The fourth-order valence-electron chi connectivity index (χ4n) is 0.770. The van der Waals surface area contributed by atoms with Crippen molar-refractivity contribution in [1.82, 2.24) is 0 Å². The van der Waals surface area contributed by atoms with E-state index < -0.39 is 6.16 Å². The van der Waals surface area contributed by atoms with Crippen LogP contribution in [0.4, 0.5) is 4.79 Å². The summed E-state index contributed by atoms with van der Waals surface area (Å²) in [6.07, 6.45) is 4.00. The molecule has 0 aliphatic carbocycles. The predicted octanol–water partition coefficient (Wildman–Crippen LogP) is 3.07. The molecule has 0 unspecified atom stereocenters. The molecule has 0 saturated heterocycles. The fourth-order valence-corrected chi connectivity index (χ4v) is 0.770. The van der Waals surface area contributed by atoms with E-state index in [2.05, 4.69) is 13.2 Å². The van der Waals surface area contributed by atoms with Crippen molar-refractivity contribution in [3.63, 3.8) is 0 Å². The van der Waals surface area contributed by atoms with E-state index in [0.29, 0.717) is 6.61 Å². The Morgan fingerprint density at radius 1 is 1.36 bits per heavy atom. The zero-order valence-electron chi connectivity index (χ0n) is 8.75. The zero-order valence-corrected chi connectivity index (χ0v) is 8.75. The molecule has 0 aromatic heterocycles. The third-order valence-electron chi connectivity index (χ3n) is 1.46. The van der Waals surface area contributed by atoms with Crippen molar-refractivity contribution in [3.8, 4) is 0 Å². The fraction of sp³-hybridized carbons (Fsp3) is 0.545. The Morgan fingerprint density at radius 3 is 2.64 bits per heavy atom. The highest BCUT2D eigenvalue weighted by Crippen LogP contribution is 1.98. The topological polar surface area (TPSA) is 35.5 Å². The molecule has 0 aliphatic rings. The molecule has 0 amide bonds. The molecule has 0 heterocycles. The lowest BCUT2D eigenvalue weighted by molar-refractivity contribution is 0.0605. The van der Waals surface area contributed by atoms with Crippen molar-refractivity contribution in [1.29, 1.82) is 0 Å². The van der Waals surface area contributed by atoms with E-state index in [4.69, 9.17) is 9.47 Å². The van der Waals surface area contributed by atoms with Gasteiger partial charge in [-0.2, -0.15) is 0 Å². The lowest BCUT2D eigenvalue weighted by atomic mass is 10.2. The highest BCUT2D eigenvalue weighted by atomic mass is 16.7. The van der Waals surface area contributed by atoms with Crippen LogP contribution in [0.15, 0.2) is 24.8 Å². The van der Waals surface area contributed by atoms with Gasteiger partial charge in [0.05, 0.1) is 6.61 Å². The maximum Gasteiger partial charge on any atom is 0.508 e. The van der Waals surface area contributed by atoms with Gasteiger partial charge in [0.25, 0.3) is 0 Å². The molecule has 80 valence electrons. The number of unbranched alkanes of at least 4 members (excludes halogenated alkanes) is 2. The Balaban J connectivity index is 3.26. The van der Waals surface area contributed by atoms with Crippen LogP contribution in [0.5, 0.6) is 0 Å². The Bertz CT molecular complexity index is 197. The second kappa shape index (κ2) is 8.35. The molecule has 0 fully saturated rings. The van der Waals surface area contributed by atoms with Gasteiger partial charge in [-0.25, -0.2) is 4.79 Å². The van der Waals surface area contributed by atoms with Crippen molar-refractivity contribution in [2.75, 3.05) is 13.2 Å². The number of hydrogen-bond donors (Lipinski definition) is 0. The van der Waals surface area contributed by atoms with Gasteiger partial charge < -0.3 is 9.47 Å². The van der Waals surface area contributed by atoms with Gasteiger partial charge in [-0.3, -0.25) is 0 Å². The molecule has 0 aromatic rings. The average molecular weight is 198 g/mol. The second-order valence-corrected chi connectivity index (χ2v) is 3.13. The van der Waals surface area contributed by atoms with Crippen LogP contribution in [0.1, 0.15) is 26.2 Å². The van der Waals surface area contributed by atoms with E-state index in [1.165, 1.54) is 0 Å². The van der Waals surface area contributed by atoms with Crippen LogP contribution in [-0.2, 0) is 9.47 Å². The first-order chi connectivity index (χ1) is 6.66. The summed E-state index contributed by atoms with van der Waals surface area (Å²) in [6.45, 7) is 9.63. The van der Waals surface area contributed by atoms with Crippen molar-refractivity contribution in [3.05, 3.63) is 24.8 Å². The van der Waals surface area contributed by atoms with Crippen LogP contribution in [0.3, 0.4) is 0 Å². The first kappa shape index (κ1) is 12.8. The quantitative estimate of drug-likeness (QED) is 0.358. The van der Waals surface area contributed by atoms with E-state index in [-0.39, 0.29) is 6.61 Å². The number of ether oxygens (including phenoxy) is 2. The highest BCUT2D eigenvalue weighted by Gasteiger charge is 2.02. The highest BCUT2D eigenvalue weighted by molar-refractivity contribution is 5.59. The molecular weight excluding hydrogens is 180 g/mol. The molecular formula is C11H18O3. The van der Waals surface area contributed by atoms with Gasteiger partial charge in [0.2, 0.25) is 0 Å². The van der Waals surface area contributed by atoms with Gasteiger partial charge in [-0.15, -0.1) is 6.58 Å². The Hall–Kier alpha value is -1.25. The molecule has 0 bridgehead atoms. The summed E-state index contributed by atoms with van der Waals surface area (Å²) >= 11 is 0. The van der Waals surface area contributed by atoms with E-state index in [9.17, 15) is 4.79 Å². The van der Waals surface area contributed by atoms with Gasteiger partial charge in [0.1, 0.15) is 6.61 Å². The Kier molecular flexibility index (Phi) is 7.61. The molecule has 0 aliphatic heterocycles. The van der Waals surface area contributed by atoms with E-state index >= 15 is 0 Å². The largest absolute Gasteiger partial charge is 0.508 e. The van der Waals surface area contributed by atoms with Crippen molar-refractivity contribution in [2.24, 2.45) is 0 Å². The molecule has 0 atom stereocenters. The van der Waals surface area contributed by atoms with Gasteiger partial charge in [0, 0.05) is 0 Å². The second-order valence-electron chi connectivity index (χ2n) is 3.13. The van der Waals surface area contributed by atoms with E-state index in [1.54, 1.807) is 6.92 Å². The van der Waals surface area contributed by atoms with Crippen LogP contribution in [0, 0.1) is 0 Å². The SMILES string of the molecule is C=CCCCCOC(=O)OCC(=C)C. The molecule has 0 rings (SSSR count). The molecule has 3 heteroatoms. The number of rotatable bonds is 7. The van der Waals surface area contributed by atoms with Gasteiger partial charge >= 0.3 is 6.16 Å². The smallest absolute Gasteiger partial charge is 0.434 e. The van der Waals surface area contributed by atoms with Crippen LogP contribution in [0.25, 0.3) is 0 Å². The van der Waals surface area contributed by atoms with Gasteiger partial charge in [0.15, 0.2) is 0 Å². The summed E-state index contributed by atoms with van der Waals surface area (Å²) in [5.41, 5.74) is 0.800. The predicted molar refractivity (Wildman–Crippen MR) is 56.2 cm³/mol. The Labute approximate surface area is 85.4 Å². The minimum Gasteiger partial charge on any atom is -0.434 e. The third kappa shape index (κ3) is 8.84. The van der Waals surface area contributed by atoms with Crippen LogP contribution < -0.4 is 0 Å². The van der Waals surface area contributed by atoms with Gasteiger partial charge in [-0.05, 0) is 31.8 Å². The van der Waals surface area contributed by atoms with Crippen molar-refractivity contribution in [2.45, 2.75) is 26.2 Å². The van der Waals surface area contributed by atoms with Crippen LogP contribution >= 0.6 is 0 Å². The summed E-state index contributed by atoms with van der Waals surface area (Å²) < 4.78 is 9.53. The lowest BCUT2D eigenvalue weighted by Gasteiger charge is -2.05. The van der Waals surface area contributed by atoms with E-state index in [1.807, 2.05) is 6.08 Å². The summed E-state index contributed by atoms with van der Waals surface area (Å²) in [5.74, 6) is 0. The van der Waals surface area contributed by atoms with Crippen LogP contribution in [-0.4, -0.2) is 19.4 Å². The summed E-state index contributed by atoms with van der Waals surface area (Å²) in [5, 5.41) is 0. The Morgan fingerprint density at radius 2 is 2.07 bits per heavy atom. The lowest BCUT2D eigenvalue weighted by Crippen LogP contribution is -2.09. The van der Waals surface area contributed by atoms with E-state index in [0.717, 1.165) is 24.8 Å². The number of carbonyl (C=O) groups excluding carboxylic acids is 1. The number of hydrogen-bond acceptors (Lipinski definition) is 3. The minimum atomic E-state index is -0.619. The molecule has 3 nitrogen and oxygen atoms in total. The normalized spacial score (nSPS) is 9.21. The standard InChI is InChI=1S/C11H18O3/c1-4-5-6-7-8-13-11(12)14-9-10(2)3/h4H,1-2,5-9H2,3H3. The first-order valence-electron chi connectivity index (χ1n) is 4.71. The average Bonchev–Trinajstić information content (AvgIpc) is 2.14. The number of carbonyl (C=O) groups is 1. The zero-order chi connectivity index (χ0) is 10.8. The monoisotopic (exact) mass is 198 g/mol. The van der Waals surface area contributed by atoms with Gasteiger partial charge in [-0.1, -0.05) is 12.7 Å². The molecule has 0 radical (unpaired) electrons. The molecule has 0 saturated carbocycles. The molecule has 0 aromatic carbocycles. The molecule has 0 spiro atoms. The summed E-state index contributed by atoms with van der Waals surface area (Å²) in [7, 11) is 0. The molecule has 0 N–H and O–H groups in total.